The third kappa shape index (κ3) is 8.05. The summed E-state index contributed by atoms with van der Waals surface area (Å²) in [5, 5.41) is 0. The van der Waals surface area contributed by atoms with Gasteiger partial charge in [-0.3, -0.25) is 14.5 Å². The zero-order valence-electron chi connectivity index (χ0n) is 21.2. The van der Waals surface area contributed by atoms with E-state index in [9.17, 15) is 18.0 Å². The maximum Gasteiger partial charge on any atom is 0.306 e. The van der Waals surface area contributed by atoms with Crippen LogP contribution >= 0.6 is 0 Å². The maximum atomic E-state index is 12.9. The predicted molar refractivity (Wildman–Crippen MR) is 135 cm³/mol. The molecule has 0 bridgehead atoms. The molecule has 2 fully saturated rings. The highest BCUT2D eigenvalue weighted by molar-refractivity contribution is 7.89. The van der Waals surface area contributed by atoms with Gasteiger partial charge in [0.15, 0.2) is 0 Å². The van der Waals surface area contributed by atoms with E-state index in [2.05, 4.69) is 9.62 Å². The average molecular weight is 527 g/mol. The van der Waals surface area contributed by atoms with E-state index in [1.165, 1.54) is 0 Å². The molecule has 3 rings (SSSR count). The monoisotopic (exact) mass is 526 g/mol. The van der Waals surface area contributed by atoms with Crippen molar-refractivity contribution in [1.29, 1.82) is 0 Å². The fourth-order valence-electron chi connectivity index (χ4n) is 4.30. The number of anilines is 1. The van der Waals surface area contributed by atoms with Gasteiger partial charge >= 0.3 is 5.97 Å². The van der Waals surface area contributed by atoms with Gasteiger partial charge in [0.1, 0.15) is 5.75 Å². The lowest BCUT2D eigenvalue weighted by molar-refractivity contribution is -0.145. The number of piperazine rings is 1. The summed E-state index contributed by atoms with van der Waals surface area (Å²) in [7, 11) is -2.13. The summed E-state index contributed by atoms with van der Waals surface area (Å²) in [6.07, 6.45) is 0.904. The molecule has 1 aromatic rings. The van der Waals surface area contributed by atoms with Crippen LogP contribution < -0.4 is 14.4 Å². The largest absolute Gasteiger partial charge is 0.495 e. The van der Waals surface area contributed by atoms with Gasteiger partial charge in [0, 0.05) is 52.2 Å². The molecule has 0 spiro atoms. The minimum Gasteiger partial charge on any atom is -0.495 e. The van der Waals surface area contributed by atoms with Crippen LogP contribution in [0.5, 0.6) is 5.75 Å². The molecule has 0 saturated carbocycles. The van der Waals surface area contributed by atoms with E-state index in [1.807, 2.05) is 4.90 Å². The van der Waals surface area contributed by atoms with Gasteiger partial charge in [-0.25, -0.2) is 13.1 Å². The Morgan fingerprint density at radius 1 is 1.06 bits per heavy atom. The Balaban J connectivity index is 1.55. The average Bonchev–Trinajstić information content (AvgIpc) is 2.90. The third-order valence-corrected chi connectivity index (χ3v) is 7.79. The Kier molecular flexibility index (Phi) is 10.8. The molecule has 2 aliphatic rings. The molecule has 202 valence electrons. The number of amides is 1. The van der Waals surface area contributed by atoms with Crippen molar-refractivity contribution in [3.63, 3.8) is 0 Å². The molecule has 0 radical (unpaired) electrons. The Labute approximate surface area is 213 Å². The van der Waals surface area contributed by atoms with Crippen molar-refractivity contribution in [2.75, 3.05) is 84.2 Å². The van der Waals surface area contributed by atoms with Crippen LogP contribution in [0.3, 0.4) is 0 Å². The van der Waals surface area contributed by atoms with Gasteiger partial charge in [-0.05, 0) is 38.1 Å². The third-order valence-electron chi connectivity index (χ3n) is 6.33. The molecular weight excluding hydrogens is 488 g/mol. The highest BCUT2D eigenvalue weighted by Gasteiger charge is 2.25. The second kappa shape index (κ2) is 13.8. The second-order valence-electron chi connectivity index (χ2n) is 8.71. The molecule has 2 aliphatic heterocycles. The van der Waals surface area contributed by atoms with E-state index in [1.54, 1.807) is 37.1 Å². The molecule has 0 atom stereocenters. The Hall–Kier alpha value is -2.41. The van der Waals surface area contributed by atoms with Gasteiger partial charge in [0.2, 0.25) is 15.9 Å². The Morgan fingerprint density at radius 2 is 1.78 bits per heavy atom. The minimum absolute atomic E-state index is 0.0695. The zero-order valence-corrected chi connectivity index (χ0v) is 22.1. The van der Waals surface area contributed by atoms with Crippen LogP contribution in [0.15, 0.2) is 23.1 Å². The standard InChI is InChI=1S/C24H38N4O7S/c1-3-35-24(30)8-7-23(29)28-13-11-27(12-14-28)21-19-20(5-6-22(21)33-2)36(31,32)25-9-4-10-26-15-17-34-18-16-26/h5-6,19,25H,3-4,7-18H2,1-2H3. The number of methoxy groups -OCH3 is 1. The summed E-state index contributed by atoms with van der Waals surface area (Å²) in [5.74, 6) is 0.109. The lowest BCUT2D eigenvalue weighted by Gasteiger charge is -2.36. The number of hydrogen-bond donors (Lipinski definition) is 1. The highest BCUT2D eigenvalue weighted by atomic mass is 32.2. The molecule has 1 N–H and O–H groups in total. The SMILES string of the molecule is CCOC(=O)CCC(=O)N1CCN(c2cc(S(=O)(=O)NCCCN3CCOCC3)ccc2OC)CC1. The van der Waals surface area contributed by atoms with Crippen LogP contribution in [0.2, 0.25) is 0 Å². The Bertz CT molecular complexity index is 975. The first kappa shape index (κ1) is 28.2. The van der Waals surface area contributed by atoms with Crippen LogP contribution in [0, 0.1) is 0 Å². The summed E-state index contributed by atoms with van der Waals surface area (Å²) in [6.45, 7) is 8.39. The van der Waals surface area contributed by atoms with E-state index in [-0.39, 0.29) is 29.6 Å². The normalized spacial score (nSPS) is 17.2. The molecule has 2 heterocycles. The van der Waals surface area contributed by atoms with Crippen molar-refractivity contribution in [3.8, 4) is 5.75 Å². The Morgan fingerprint density at radius 3 is 2.44 bits per heavy atom. The topological polar surface area (TPSA) is 118 Å². The molecule has 0 aromatic heterocycles. The molecule has 0 aliphatic carbocycles. The molecule has 1 aromatic carbocycles. The van der Waals surface area contributed by atoms with E-state index < -0.39 is 10.0 Å². The van der Waals surface area contributed by atoms with Crippen molar-refractivity contribution in [1.82, 2.24) is 14.5 Å². The summed E-state index contributed by atoms with van der Waals surface area (Å²) in [6, 6.07) is 4.83. The number of carbonyl (C=O) groups excluding carboxylic acids is 2. The molecule has 0 unspecified atom stereocenters. The fourth-order valence-corrected chi connectivity index (χ4v) is 5.39. The van der Waals surface area contributed by atoms with Crippen molar-refractivity contribution < 1.29 is 32.2 Å². The number of nitrogens with one attached hydrogen (secondary N) is 1. The number of hydrogen-bond acceptors (Lipinski definition) is 9. The van der Waals surface area contributed by atoms with Crippen molar-refractivity contribution in [2.45, 2.75) is 31.1 Å². The summed E-state index contributed by atoms with van der Waals surface area (Å²) >= 11 is 0. The van der Waals surface area contributed by atoms with Crippen molar-refractivity contribution in [2.24, 2.45) is 0 Å². The smallest absolute Gasteiger partial charge is 0.306 e. The molecule has 1 amide bonds. The van der Waals surface area contributed by atoms with Crippen LogP contribution in [0.1, 0.15) is 26.2 Å². The number of nitrogens with zero attached hydrogens (tertiary/aromatic N) is 3. The molecule has 11 nitrogen and oxygen atoms in total. The number of esters is 1. The van der Waals surface area contributed by atoms with Gasteiger partial charge in [-0.2, -0.15) is 0 Å². The minimum atomic E-state index is -3.68. The number of morpholine rings is 1. The predicted octanol–water partition coefficient (Wildman–Crippen LogP) is 0.688. The van der Waals surface area contributed by atoms with Crippen molar-refractivity contribution >= 4 is 27.6 Å². The van der Waals surface area contributed by atoms with Crippen LogP contribution in [0.25, 0.3) is 0 Å². The fraction of sp³-hybridized carbons (Fsp3) is 0.667. The number of benzene rings is 1. The van der Waals surface area contributed by atoms with E-state index in [0.29, 0.717) is 57.2 Å². The first-order valence-electron chi connectivity index (χ1n) is 12.5. The van der Waals surface area contributed by atoms with Gasteiger partial charge < -0.3 is 24.0 Å². The van der Waals surface area contributed by atoms with Gasteiger partial charge in [0.25, 0.3) is 0 Å². The van der Waals surface area contributed by atoms with Crippen LogP contribution in [-0.4, -0.2) is 109 Å². The summed E-state index contributed by atoms with van der Waals surface area (Å²) in [4.78, 5) is 30.2. The van der Waals surface area contributed by atoms with Crippen LogP contribution in [0.4, 0.5) is 5.69 Å². The van der Waals surface area contributed by atoms with Gasteiger partial charge in [-0.1, -0.05) is 0 Å². The second-order valence-corrected chi connectivity index (χ2v) is 10.5. The first-order valence-corrected chi connectivity index (χ1v) is 14.0. The highest BCUT2D eigenvalue weighted by Crippen LogP contribution is 2.31. The van der Waals surface area contributed by atoms with Gasteiger partial charge in [0.05, 0.1) is 43.9 Å². The molecule has 36 heavy (non-hydrogen) atoms. The quantitative estimate of drug-likeness (QED) is 0.310. The van der Waals surface area contributed by atoms with Crippen LogP contribution in [-0.2, 0) is 29.1 Å². The number of carbonyl (C=O) groups is 2. The molecular formula is C24H38N4O7S. The first-order chi connectivity index (χ1) is 17.3. The zero-order chi connectivity index (χ0) is 26.0. The van der Waals surface area contributed by atoms with E-state index in [0.717, 1.165) is 32.8 Å². The number of rotatable bonds is 12. The van der Waals surface area contributed by atoms with E-state index in [4.69, 9.17) is 14.2 Å². The number of sulfonamides is 1. The number of ether oxygens (including phenoxy) is 3. The van der Waals surface area contributed by atoms with E-state index >= 15 is 0 Å². The molecule has 12 heteroatoms. The lowest BCUT2D eigenvalue weighted by atomic mass is 10.2. The van der Waals surface area contributed by atoms with Crippen molar-refractivity contribution in [3.05, 3.63) is 18.2 Å². The summed E-state index contributed by atoms with van der Waals surface area (Å²) in [5.41, 5.74) is 0.673. The maximum absolute atomic E-state index is 12.9. The summed E-state index contributed by atoms with van der Waals surface area (Å²) < 4.78 is 44.3. The van der Waals surface area contributed by atoms with Gasteiger partial charge in [-0.15, -0.1) is 0 Å². The lowest BCUT2D eigenvalue weighted by Crippen LogP contribution is -2.49. The molecule has 2 saturated heterocycles.